The predicted octanol–water partition coefficient (Wildman–Crippen LogP) is 2.74. The van der Waals surface area contributed by atoms with Crippen molar-refractivity contribution in [1.82, 2.24) is 9.97 Å². The second-order valence-electron chi connectivity index (χ2n) is 3.55. The van der Waals surface area contributed by atoms with Crippen molar-refractivity contribution in [2.24, 2.45) is 0 Å². The maximum atomic E-state index is 11.7. The molecule has 0 aliphatic heterocycles. The molecule has 1 aromatic heterocycles. The van der Waals surface area contributed by atoms with E-state index in [1.807, 2.05) is 30.5 Å². The van der Waals surface area contributed by atoms with Gasteiger partial charge in [-0.2, -0.15) is 0 Å². The van der Waals surface area contributed by atoms with Crippen LogP contribution in [0.15, 0.2) is 40.4 Å². The summed E-state index contributed by atoms with van der Waals surface area (Å²) in [7, 11) is 0. The summed E-state index contributed by atoms with van der Waals surface area (Å²) in [4.78, 5) is 18.6. The zero-order valence-corrected chi connectivity index (χ0v) is 10.8. The molecule has 0 saturated carbocycles. The lowest BCUT2D eigenvalue weighted by atomic mass is 10.1. The van der Waals surface area contributed by atoms with Crippen molar-refractivity contribution in [2.75, 3.05) is 6.26 Å². The van der Waals surface area contributed by atoms with E-state index in [1.165, 1.54) is 11.8 Å². The lowest BCUT2D eigenvalue weighted by molar-refractivity contribution is 0.902. The largest absolute Gasteiger partial charge is 0.301 e. The maximum Gasteiger partial charge on any atom is 0.255 e. The van der Waals surface area contributed by atoms with Gasteiger partial charge in [0.05, 0.1) is 0 Å². The van der Waals surface area contributed by atoms with Crippen LogP contribution >= 0.6 is 23.4 Å². The van der Waals surface area contributed by atoms with Crippen LogP contribution in [0.5, 0.6) is 0 Å². The van der Waals surface area contributed by atoms with Gasteiger partial charge in [0, 0.05) is 23.2 Å². The second kappa shape index (κ2) is 5.38. The highest BCUT2D eigenvalue weighted by Crippen LogP contribution is 2.13. The zero-order chi connectivity index (χ0) is 12.3. The molecule has 0 saturated heterocycles. The minimum absolute atomic E-state index is 0.0932. The Hall–Kier alpha value is -1.26. The van der Waals surface area contributed by atoms with Crippen LogP contribution < -0.4 is 5.56 Å². The van der Waals surface area contributed by atoms with E-state index in [9.17, 15) is 4.79 Å². The highest BCUT2D eigenvalue weighted by atomic mass is 35.5. The summed E-state index contributed by atoms with van der Waals surface area (Å²) < 4.78 is 0. The van der Waals surface area contributed by atoms with E-state index in [2.05, 4.69) is 9.97 Å². The Morgan fingerprint density at radius 1 is 1.47 bits per heavy atom. The number of H-pyrrole nitrogens is 1. The average Bonchev–Trinajstić information content (AvgIpc) is 2.32. The summed E-state index contributed by atoms with van der Waals surface area (Å²) in [5.41, 5.74) is 1.55. The quantitative estimate of drug-likeness (QED) is 0.686. The van der Waals surface area contributed by atoms with Gasteiger partial charge < -0.3 is 4.98 Å². The maximum absolute atomic E-state index is 11.7. The first kappa shape index (κ1) is 12.2. The van der Waals surface area contributed by atoms with Crippen LogP contribution in [-0.4, -0.2) is 16.2 Å². The summed E-state index contributed by atoms with van der Waals surface area (Å²) in [5, 5.41) is 1.30. The smallest absolute Gasteiger partial charge is 0.255 e. The molecule has 5 heteroatoms. The van der Waals surface area contributed by atoms with Gasteiger partial charge in [0.25, 0.3) is 5.56 Å². The topological polar surface area (TPSA) is 45.8 Å². The molecule has 88 valence electrons. The van der Waals surface area contributed by atoms with Crippen LogP contribution in [0, 0.1) is 0 Å². The van der Waals surface area contributed by atoms with Crippen molar-refractivity contribution in [2.45, 2.75) is 11.6 Å². The molecule has 17 heavy (non-hydrogen) atoms. The number of rotatable bonds is 3. The Balaban J connectivity index is 2.27. The fourth-order valence-electron chi connectivity index (χ4n) is 1.50. The molecule has 2 rings (SSSR count). The molecule has 0 atom stereocenters. The van der Waals surface area contributed by atoms with E-state index in [0.29, 0.717) is 22.2 Å². The van der Waals surface area contributed by atoms with Crippen LogP contribution in [0.4, 0.5) is 0 Å². The normalized spacial score (nSPS) is 10.5. The number of thioether (sulfide) groups is 1. The van der Waals surface area contributed by atoms with Gasteiger partial charge in [-0.1, -0.05) is 35.5 Å². The van der Waals surface area contributed by atoms with Crippen LogP contribution in [0.1, 0.15) is 11.1 Å². The number of nitrogens with zero attached hydrogens (tertiary/aromatic N) is 1. The zero-order valence-electron chi connectivity index (χ0n) is 9.24. The van der Waals surface area contributed by atoms with Crippen LogP contribution in [0.25, 0.3) is 0 Å². The van der Waals surface area contributed by atoms with E-state index in [4.69, 9.17) is 11.6 Å². The van der Waals surface area contributed by atoms with Gasteiger partial charge >= 0.3 is 0 Å². The van der Waals surface area contributed by atoms with Crippen molar-refractivity contribution in [3.8, 4) is 0 Å². The molecule has 0 unspecified atom stereocenters. The Morgan fingerprint density at radius 3 is 2.94 bits per heavy atom. The van der Waals surface area contributed by atoms with Gasteiger partial charge in [-0.3, -0.25) is 4.79 Å². The SMILES string of the molecule is CSc1ncc(Cc2cccc(Cl)c2)c(=O)[nH]1. The number of hydrogen-bond donors (Lipinski definition) is 1. The minimum atomic E-state index is -0.0932. The van der Waals surface area contributed by atoms with Gasteiger partial charge in [-0.05, 0) is 24.0 Å². The third-order valence-corrected chi connectivity index (χ3v) is 3.16. The molecular weight excluding hydrogens is 256 g/mol. The van der Waals surface area contributed by atoms with Crippen LogP contribution in [-0.2, 0) is 6.42 Å². The number of aromatic nitrogens is 2. The third kappa shape index (κ3) is 3.11. The first-order chi connectivity index (χ1) is 8.19. The molecule has 0 amide bonds. The highest BCUT2D eigenvalue weighted by Gasteiger charge is 2.03. The highest BCUT2D eigenvalue weighted by molar-refractivity contribution is 7.98. The van der Waals surface area contributed by atoms with Crippen molar-refractivity contribution in [3.05, 3.63) is 57.0 Å². The number of nitrogens with one attached hydrogen (secondary N) is 1. The molecular formula is C12H11ClN2OS. The molecule has 1 N–H and O–H groups in total. The fourth-order valence-corrected chi connectivity index (χ4v) is 2.07. The van der Waals surface area contributed by atoms with E-state index < -0.39 is 0 Å². The van der Waals surface area contributed by atoms with Gasteiger partial charge in [-0.25, -0.2) is 4.98 Å². The van der Waals surface area contributed by atoms with E-state index in [-0.39, 0.29) is 5.56 Å². The lowest BCUT2D eigenvalue weighted by Gasteiger charge is -2.02. The van der Waals surface area contributed by atoms with Gasteiger partial charge in [0.1, 0.15) is 0 Å². The van der Waals surface area contributed by atoms with Crippen molar-refractivity contribution >= 4 is 23.4 Å². The first-order valence-electron chi connectivity index (χ1n) is 5.05. The van der Waals surface area contributed by atoms with Crippen LogP contribution in [0.2, 0.25) is 5.02 Å². The average molecular weight is 267 g/mol. The summed E-state index contributed by atoms with van der Waals surface area (Å²) in [5.74, 6) is 0. The van der Waals surface area contributed by atoms with Gasteiger partial charge in [-0.15, -0.1) is 0 Å². The Labute approximate surface area is 108 Å². The number of aromatic amines is 1. The second-order valence-corrected chi connectivity index (χ2v) is 4.78. The third-order valence-electron chi connectivity index (χ3n) is 2.33. The van der Waals surface area contributed by atoms with E-state index >= 15 is 0 Å². The Morgan fingerprint density at radius 2 is 2.29 bits per heavy atom. The number of benzene rings is 1. The molecule has 0 radical (unpaired) electrons. The van der Waals surface area contributed by atoms with Crippen LogP contribution in [0.3, 0.4) is 0 Å². The minimum Gasteiger partial charge on any atom is -0.301 e. The van der Waals surface area contributed by atoms with Crippen molar-refractivity contribution in [1.29, 1.82) is 0 Å². The number of halogens is 1. The van der Waals surface area contributed by atoms with Crippen molar-refractivity contribution < 1.29 is 0 Å². The summed E-state index contributed by atoms with van der Waals surface area (Å²) >= 11 is 7.31. The van der Waals surface area contributed by atoms with E-state index in [1.54, 1.807) is 6.20 Å². The van der Waals surface area contributed by atoms with Gasteiger partial charge in [0.15, 0.2) is 5.16 Å². The molecule has 1 heterocycles. The standard InChI is InChI=1S/C12H11ClN2OS/c1-17-12-14-7-9(11(16)15-12)5-8-3-2-4-10(13)6-8/h2-4,6-7H,5H2,1H3,(H,14,15,16). The summed E-state index contributed by atoms with van der Waals surface area (Å²) in [6, 6.07) is 7.47. The molecule has 0 aliphatic carbocycles. The summed E-state index contributed by atoms with van der Waals surface area (Å²) in [6.07, 6.45) is 4.03. The molecule has 1 aromatic carbocycles. The predicted molar refractivity (Wildman–Crippen MR) is 70.9 cm³/mol. The summed E-state index contributed by atoms with van der Waals surface area (Å²) in [6.45, 7) is 0. The Bertz CT molecular complexity index is 583. The molecule has 0 fully saturated rings. The van der Waals surface area contributed by atoms with Crippen molar-refractivity contribution in [3.63, 3.8) is 0 Å². The molecule has 2 aromatic rings. The Kier molecular flexibility index (Phi) is 3.86. The molecule has 0 aliphatic rings. The lowest BCUT2D eigenvalue weighted by Crippen LogP contribution is -2.14. The fraction of sp³-hybridized carbons (Fsp3) is 0.167. The molecule has 0 spiro atoms. The van der Waals surface area contributed by atoms with E-state index in [0.717, 1.165) is 5.56 Å². The monoisotopic (exact) mass is 266 g/mol. The number of hydrogen-bond acceptors (Lipinski definition) is 3. The molecule has 0 bridgehead atoms. The van der Waals surface area contributed by atoms with Gasteiger partial charge in [0.2, 0.25) is 0 Å². The molecule has 3 nitrogen and oxygen atoms in total. The first-order valence-corrected chi connectivity index (χ1v) is 6.66.